The molecule has 0 radical (unpaired) electrons. The highest BCUT2D eigenvalue weighted by Crippen LogP contribution is 2.17. The highest BCUT2D eigenvalue weighted by Gasteiger charge is 2.36. The molecule has 0 bridgehead atoms. The SMILES string of the molecule is CC(C)(C)OC(=O)NC(C)(C)C(NC(=O)c1ccc(C#Cc2ccc(CNCC(F)P)cc2)cc1)C(N)=C=O. The maximum absolute atomic E-state index is 13.0. The van der Waals surface area contributed by atoms with E-state index in [9.17, 15) is 18.8 Å². The number of carbonyl (C=O) groups is 2. The normalized spacial score (nSPS) is 12.7. The summed E-state index contributed by atoms with van der Waals surface area (Å²) in [6.07, 6.45) is -0.717. The molecule has 2 aromatic rings. The summed E-state index contributed by atoms with van der Waals surface area (Å²) in [5.74, 6) is 6.25. The monoisotopic (exact) mass is 554 g/mol. The molecular weight excluding hydrogens is 518 g/mol. The number of halogens is 1. The van der Waals surface area contributed by atoms with Crippen LogP contribution in [0.4, 0.5) is 9.18 Å². The summed E-state index contributed by atoms with van der Waals surface area (Å²) in [4.78, 5) is 36.6. The molecule has 0 saturated carbocycles. The lowest BCUT2D eigenvalue weighted by Crippen LogP contribution is -2.61. The molecule has 5 N–H and O–H groups in total. The maximum atomic E-state index is 13.0. The number of hydrogen-bond acceptors (Lipinski definition) is 6. The zero-order valence-corrected chi connectivity index (χ0v) is 24.0. The highest BCUT2D eigenvalue weighted by molar-refractivity contribution is 7.17. The van der Waals surface area contributed by atoms with Gasteiger partial charge in [0.1, 0.15) is 29.2 Å². The standard InChI is InChI=1S/C29H36FN4O4P/c1-28(2,3)38-27(37)34-29(4,5)25(23(31)18-35)33-26(36)22-14-12-20(13-15-22)7-6-19-8-10-21(11-9-19)16-32-17-24(30)39/h8-15,24-25,32H,16-17,31,39H2,1-5H3,(H,33,36)(H,34,37). The lowest BCUT2D eigenvalue weighted by atomic mass is 9.92. The molecule has 0 spiro atoms. The van der Waals surface area contributed by atoms with E-state index >= 15 is 0 Å². The third kappa shape index (κ3) is 10.9. The van der Waals surface area contributed by atoms with E-state index in [-0.39, 0.29) is 12.2 Å². The van der Waals surface area contributed by atoms with Crippen LogP contribution in [0.1, 0.15) is 61.7 Å². The van der Waals surface area contributed by atoms with Crippen molar-refractivity contribution in [2.75, 3.05) is 6.54 Å². The van der Waals surface area contributed by atoms with Gasteiger partial charge in [-0.25, -0.2) is 14.0 Å². The zero-order chi connectivity index (χ0) is 29.2. The van der Waals surface area contributed by atoms with Crippen LogP contribution in [-0.4, -0.2) is 47.6 Å². The molecule has 2 aromatic carbocycles. The minimum Gasteiger partial charge on any atom is -0.444 e. The lowest BCUT2D eigenvalue weighted by Gasteiger charge is -2.35. The molecule has 8 nitrogen and oxygen atoms in total. The Morgan fingerprint density at radius 2 is 1.54 bits per heavy atom. The summed E-state index contributed by atoms with van der Waals surface area (Å²) in [6.45, 7) is 9.21. The van der Waals surface area contributed by atoms with Crippen LogP contribution in [-0.2, 0) is 16.1 Å². The summed E-state index contributed by atoms with van der Waals surface area (Å²) >= 11 is 0. The molecule has 2 rings (SSSR count). The Balaban J connectivity index is 2.07. The first-order valence-electron chi connectivity index (χ1n) is 12.3. The Morgan fingerprint density at radius 1 is 1.00 bits per heavy atom. The van der Waals surface area contributed by atoms with Gasteiger partial charge in [-0.05, 0) is 76.6 Å². The number of nitrogens with two attached hydrogens (primary N) is 1. The molecule has 0 aromatic heterocycles. The van der Waals surface area contributed by atoms with Crippen LogP contribution in [0.2, 0.25) is 0 Å². The molecule has 0 fully saturated rings. The van der Waals surface area contributed by atoms with E-state index in [0.29, 0.717) is 17.7 Å². The van der Waals surface area contributed by atoms with Crippen molar-refractivity contribution >= 4 is 27.2 Å². The summed E-state index contributed by atoms with van der Waals surface area (Å²) in [5, 5.41) is 8.37. The van der Waals surface area contributed by atoms with Crippen molar-refractivity contribution < 1.29 is 23.5 Å². The third-order valence-electron chi connectivity index (χ3n) is 5.37. The van der Waals surface area contributed by atoms with Crippen LogP contribution >= 0.6 is 9.24 Å². The minimum atomic E-state index is -1.17. The highest BCUT2D eigenvalue weighted by atomic mass is 31.0. The Morgan fingerprint density at radius 3 is 2.03 bits per heavy atom. The van der Waals surface area contributed by atoms with Gasteiger partial charge >= 0.3 is 6.09 Å². The summed E-state index contributed by atoms with van der Waals surface area (Å²) in [6, 6.07) is 13.2. The van der Waals surface area contributed by atoms with Crippen molar-refractivity contribution in [2.24, 2.45) is 5.73 Å². The molecule has 2 amide bonds. The first-order chi connectivity index (χ1) is 18.2. The second-order valence-electron chi connectivity index (χ2n) is 10.5. The van der Waals surface area contributed by atoms with E-state index in [1.807, 2.05) is 24.3 Å². The molecule has 208 valence electrons. The molecule has 3 atom stereocenters. The minimum absolute atomic E-state index is 0.267. The number of rotatable bonds is 9. The predicted octanol–water partition coefficient (Wildman–Crippen LogP) is 3.42. The van der Waals surface area contributed by atoms with E-state index in [4.69, 9.17) is 10.5 Å². The largest absolute Gasteiger partial charge is 0.444 e. The average molecular weight is 555 g/mol. The number of benzene rings is 2. The van der Waals surface area contributed by atoms with Gasteiger partial charge in [0.05, 0.1) is 5.54 Å². The first-order valence-corrected chi connectivity index (χ1v) is 13.0. The molecule has 0 aliphatic rings. The second-order valence-corrected chi connectivity index (χ2v) is 11.2. The van der Waals surface area contributed by atoms with Crippen LogP contribution in [0.25, 0.3) is 0 Å². The van der Waals surface area contributed by atoms with Gasteiger partial charge in [-0.3, -0.25) is 4.79 Å². The van der Waals surface area contributed by atoms with Gasteiger partial charge < -0.3 is 26.4 Å². The number of alkyl halides is 1. The van der Waals surface area contributed by atoms with Crippen molar-refractivity contribution in [3.8, 4) is 11.8 Å². The molecule has 39 heavy (non-hydrogen) atoms. The van der Waals surface area contributed by atoms with Crippen molar-refractivity contribution in [2.45, 2.75) is 64.3 Å². The summed E-state index contributed by atoms with van der Waals surface area (Å²) in [5.41, 5.74) is 6.52. The number of amides is 2. The maximum Gasteiger partial charge on any atom is 0.408 e. The quantitative estimate of drug-likeness (QED) is 0.214. The van der Waals surface area contributed by atoms with Crippen LogP contribution < -0.4 is 21.7 Å². The van der Waals surface area contributed by atoms with E-state index in [1.165, 1.54) is 0 Å². The summed E-state index contributed by atoms with van der Waals surface area (Å²) < 4.78 is 18.1. The van der Waals surface area contributed by atoms with Crippen LogP contribution in [0.3, 0.4) is 0 Å². The van der Waals surface area contributed by atoms with E-state index in [1.54, 1.807) is 64.8 Å². The first kappa shape index (κ1) is 31.5. The van der Waals surface area contributed by atoms with Gasteiger partial charge in [0.25, 0.3) is 5.91 Å². The van der Waals surface area contributed by atoms with Crippen LogP contribution in [0.5, 0.6) is 0 Å². The second kappa shape index (κ2) is 13.9. The predicted molar refractivity (Wildman–Crippen MR) is 153 cm³/mol. The van der Waals surface area contributed by atoms with Gasteiger partial charge in [0.15, 0.2) is 0 Å². The van der Waals surface area contributed by atoms with Gasteiger partial charge in [0.2, 0.25) is 0 Å². The number of nitrogens with one attached hydrogen (secondary N) is 3. The van der Waals surface area contributed by atoms with Crippen molar-refractivity contribution in [3.05, 3.63) is 76.5 Å². The van der Waals surface area contributed by atoms with Crippen LogP contribution in [0.15, 0.2) is 54.2 Å². The summed E-state index contributed by atoms with van der Waals surface area (Å²) in [7, 11) is 2.11. The molecule has 0 saturated heterocycles. The zero-order valence-electron chi connectivity index (χ0n) is 22.9. The number of hydrogen-bond donors (Lipinski definition) is 4. The fraction of sp³-hybridized carbons (Fsp3) is 0.379. The van der Waals surface area contributed by atoms with Gasteiger partial charge in [-0.2, -0.15) is 0 Å². The number of carbonyl (C=O) groups excluding carboxylic acids is 3. The smallest absolute Gasteiger partial charge is 0.408 e. The molecule has 0 aliphatic carbocycles. The lowest BCUT2D eigenvalue weighted by molar-refractivity contribution is 0.0453. The van der Waals surface area contributed by atoms with Gasteiger partial charge in [-0.15, -0.1) is 0 Å². The van der Waals surface area contributed by atoms with Crippen molar-refractivity contribution in [3.63, 3.8) is 0 Å². The molecule has 0 heterocycles. The van der Waals surface area contributed by atoms with E-state index < -0.39 is 35.1 Å². The molecule has 3 unspecified atom stereocenters. The Bertz CT molecular complexity index is 1250. The van der Waals surface area contributed by atoms with Gasteiger partial charge in [-0.1, -0.05) is 33.2 Å². The Kier molecular flexibility index (Phi) is 11.2. The van der Waals surface area contributed by atoms with E-state index in [0.717, 1.165) is 11.1 Å². The van der Waals surface area contributed by atoms with Crippen LogP contribution in [0, 0.1) is 11.8 Å². The molecule has 0 aliphatic heterocycles. The molecular formula is C29H36FN4O4P. The van der Waals surface area contributed by atoms with Gasteiger partial charge in [0, 0.05) is 29.8 Å². The third-order valence-corrected chi connectivity index (χ3v) is 5.61. The van der Waals surface area contributed by atoms with E-state index in [2.05, 4.69) is 37.0 Å². The Hall–Kier alpha value is -3.69. The number of alkyl carbamates (subject to hydrolysis) is 1. The average Bonchev–Trinajstić information content (AvgIpc) is 2.84. The fourth-order valence-corrected chi connectivity index (χ4v) is 3.64. The number of ether oxygens (including phenoxy) is 1. The Labute approximate surface area is 231 Å². The molecule has 10 heteroatoms. The topological polar surface area (TPSA) is 123 Å². The van der Waals surface area contributed by atoms with Crippen molar-refractivity contribution in [1.29, 1.82) is 0 Å². The fourth-order valence-electron chi connectivity index (χ4n) is 3.47. The van der Waals surface area contributed by atoms with Crippen molar-refractivity contribution in [1.82, 2.24) is 16.0 Å².